The van der Waals surface area contributed by atoms with E-state index in [1.54, 1.807) is 9.36 Å². The highest BCUT2D eigenvalue weighted by Crippen LogP contribution is 2.38. The Kier molecular flexibility index (Phi) is 5.32. The number of nitrogens with two attached hydrogens (primary N) is 1. The Morgan fingerprint density at radius 2 is 1.85 bits per heavy atom. The topological polar surface area (TPSA) is 82.1 Å². The number of rotatable bonds is 5. The van der Waals surface area contributed by atoms with Crippen molar-refractivity contribution in [2.75, 3.05) is 11.9 Å². The minimum absolute atomic E-state index is 0.122. The van der Waals surface area contributed by atoms with E-state index in [9.17, 15) is 9.59 Å². The molecule has 0 unspecified atom stereocenters. The summed E-state index contributed by atoms with van der Waals surface area (Å²) in [5.74, 6) is -0.122. The number of anilines is 1. The highest BCUT2D eigenvalue weighted by molar-refractivity contribution is 5.91. The molecule has 1 fully saturated rings. The van der Waals surface area contributed by atoms with Crippen molar-refractivity contribution in [3.05, 3.63) is 46.4 Å². The average Bonchev–Trinajstić information content (AvgIpc) is 2.86. The molecule has 0 spiro atoms. The van der Waals surface area contributed by atoms with Gasteiger partial charge in [0.05, 0.1) is 11.4 Å². The molecule has 0 saturated heterocycles. The molecule has 3 rings (SSSR count). The molecule has 1 aliphatic carbocycles. The summed E-state index contributed by atoms with van der Waals surface area (Å²) in [5.41, 5.74) is 7.52. The zero-order valence-corrected chi connectivity index (χ0v) is 15.6. The van der Waals surface area contributed by atoms with Crippen molar-refractivity contribution >= 4 is 11.6 Å². The van der Waals surface area contributed by atoms with Crippen LogP contribution in [-0.4, -0.2) is 21.8 Å². The Hall–Kier alpha value is -2.34. The van der Waals surface area contributed by atoms with Gasteiger partial charge in [-0.3, -0.25) is 14.3 Å². The van der Waals surface area contributed by atoms with Crippen LogP contribution >= 0.6 is 0 Å². The number of nitrogens with one attached hydrogen (secondary N) is 1. The number of amides is 1. The summed E-state index contributed by atoms with van der Waals surface area (Å²) >= 11 is 0. The van der Waals surface area contributed by atoms with Gasteiger partial charge in [0.1, 0.15) is 5.69 Å². The van der Waals surface area contributed by atoms with Crippen LogP contribution in [0.15, 0.2) is 35.1 Å². The smallest absolute Gasteiger partial charge is 0.295 e. The van der Waals surface area contributed by atoms with Crippen molar-refractivity contribution in [2.45, 2.75) is 45.4 Å². The van der Waals surface area contributed by atoms with Gasteiger partial charge in [-0.25, -0.2) is 4.68 Å². The first-order valence-electron chi connectivity index (χ1n) is 9.31. The second-order valence-corrected chi connectivity index (χ2v) is 7.43. The van der Waals surface area contributed by atoms with Crippen molar-refractivity contribution in [3.63, 3.8) is 0 Å². The molecule has 2 aromatic rings. The van der Waals surface area contributed by atoms with Crippen LogP contribution in [0, 0.1) is 12.3 Å². The standard InChI is InChI=1S/C20H28N4O2/c1-15-18(19(26)24(23(15)2)16-9-5-3-6-10-16)22-17(25)13-20(14-21)11-7-4-8-12-20/h3,5-6,9-10H,4,7-8,11-14,21H2,1-2H3,(H,22,25). The molecule has 3 N–H and O–H groups in total. The summed E-state index contributed by atoms with van der Waals surface area (Å²) in [7, 11) is 1.82. The van der Waals surface area contributed by atoms with Gasteiger partial charge in [0.25, 0.3) is 5.56 Å². The lowest BCUT2D eigenvalue weighted by Gasteiger charge is -2.35. The van der Waals surface area contributed by atoms with Crippen molar-refractivity contribution in [3.8, 4) is 5.69 Å². The van der Waals surface area contributed by atoms with E-state index in [1.807, 2.05) is 44.3 Å². The van der Waals surface area contributed by atoms with Crippen LogP contribution in [0.25, 0.3) is 5.69 Å². The number of carbonyl (C=O) groups is 1. The van der Waals surface area contributed by atoms with E-state index in [1.165, 1.54) is 6.42 Å². The first-order valence-corrected chi connectivity index (χ1v) is 9.31. The maximum atomic E-state index is 12.9. The normalized spacial score (nSPS) is 16.4. The number of para-hydroxylation sites is 1. The van der Waals surface area contributed by atoms with E-state index in [0.717, 1.165) is 37.1 Å². The molecule has 140 valence electrons. The summed E-state index contributed by atoms with van der Waals surface area (Å²) in [4.78, 5) is 25.6. The molecular weight excluding hydrogens is 328 g/mol. The predicted molar refractivity (Wildman–Crippen MR) is 104 cm³/mol. The number of nitrogens with zero attached hydrogens (tertiary/aromatic N) is 2. The molecule has 1 amide bonds. The van der Waals surface area contributed by atoms with Crippen LogP contribution in [-0.2, 0) is 11.8 Å². The largest absolute Gasteiger partial charge is 0.330 e. The average molecular weight is 356 g/mol. The van der Waals surface area contributed by atoms with Crippen LogP contribution in [0.4, 0.5) is 5.69 Å². The Balaban J connectivity index is 1.84. The summed E-state index contributed by atoms with van der Waals surface area (Å²) in [6.07, 6.45) is 5.80. The Morgan fingerprint density at radius 3 is 2.46 bits per heavy atom. The molecule has 6 heteroatoms. The van der Waals surface area contributed by atoms with Crippen molar-refractivity contribution < 1.29 is 4.79 Å². The minimum atomic E-state index is -0.213. The lowest BCUT2D eigenvalue weighted by atomic mass is 9.71. The third-order valence-electron chi connectivity index (χ3n) is 5.70. The zero-order chi connectivity index (χ0) is 18.7. The van der Waals surface area contributed by atoms with E-state index < -0.39 is 0 Å². The SMILES string of the molecule is Cc1c(NC(=O)CC2(CN)CCCCC2)c(=O)n(-c2ccccc2)n1C. The maximum absolute atomic E-state index is 12.9. The molecule has 6 nitrogen and oxygen atoms in total. The molecule has 0 radical (unpaired) electrons. The van der Waals surface area contributed by atoms with Gasteiger partial charge >= 0.3 is 0 Å². The predicted octanol–water partition coefficient (Wildman–Crippen LogP) is 2.72. The van der Waals surface area contributed by atoms with Gasteiger partial charge in [0, 0.05) is 13.5 Å². The Bertz CT molecular complexity index is 829. The van der Waals surface area contributed by atoms with Crippen molar-refractivity contribution in [1.29, 1.82) is 0 Å². The number of hydrogen-bond donors (Lipinski definition) is 2. The molecule has 1 aromatic carbocycles. The highest BCUT2D eigenvalue weighted by Gasteiger charge is 2.33. The molecule has 1 heterocycles. The van der Waals surface area contributed by atoms with Gasteiger partial charge in [0.15, 0.2) is 0 Å². The van der Waals surface area contributed by atoms with E-state index in [2.05, 4.69) is 5.32 Å². The quantitative estimate of drug-likeness (QED) is 0.864. The molecule has 1 saturated carbocycles. The van der Waals surface area contributed by atoms with Gasteiger partial charge in [0.2, 0.25) is 5.91 Å². The van der Waals surface area contributed by atoms with Crippen LogP contribution in [0.3, 0.4) is 0 Å². The summed E-state index contributed by atoms with van der Waals surface area (Å²) in [5, 5.41) is 2.87. The second-order valence-electron chi connectivity index (χ2n) is 7.43. The summed E-state index contributed by atoms with van der Waals surface area (Å²) in [6.45, 7) is 2.36. The van der Waals surface area contributed by atoms with E-state index in [-0.39, 0.29) is 16.9 Å². The molecule has 0 bridgehead atoms. The fourth-order valence-corrected chi connectivity index (χ4v) is 3.99. The molecule has 1 aliphatic rings. The fourth-order valence-electron chi connectivity index (χ4n) is 3.99. The summed E-state index contributed by atoms with van der Waals surface area (Å²) in [6, 6.07) is 9.42. The lowest BCUT2D eigenvalue weighted by Crippen LogP contribution is -2.37. The molecule has 0 aliphatic heterocycles. The van der Waals surface area contributed by atoms with Crippen molar-refractivity contribution in [2.24, 2.45) is 18.2 Å². The molecule has 1 aromatic heterocycles. The number of hydrogen-bond acceptors (Lipinski definition) is 3. The van der Waals surface area contributed by atoms with Crippen LogP contribution in [0.2, 0.25) is 0 Å². The third-order valence-corrected chi connectivity index (χ3v) is 5.70. The second kappa shape index (κ2) is 7.50. The fraction of sp³-hybridized carbons (Fsp3) is 0.500. The van der Waals surface area contributed by atoms with Crippen molar-refractivity contribution in [1.82, 2.24) is 9.36 Å². The number of aromatic nitrogens is 2. The molecule has 26 heavy (non-hydrogen) atoms. The van der Waals surface area contributed by atoms with Crippen LogP contribution in [0.5, 0.6) is 0 Å². The van der Waals surface area contributed by atoms with E-state index >= 15 is 0 Å². The zero-order valence-electron chi connectivity index (χ0n) is 15.6. The molecule has 0 atom stereocenters. The molecular formula is C20H28N4O2. The Labute approximate surface area is 154 Å². The monoisotopic (exact) mass is 356 g/mol. The Morgan fingerprint density at radius 1 is 1.19 bits per heavy atom. The van der Waals surface area contributed by atoms with Gasteiger partial charge in [-0.1, -0.05) is 37.5 Å². The van der Waals surface area contributed by atoms with Crippen LogP contribution < -0.4 is 16.6 Å². The number of carbonyl (C=O) groups excluding carboxylic acids is 1. The van der Waals surface area contributed by atoms with E-state index in [0.29, 0.717) is 18.7 Å². The minimum Gasteiger partial charge on any atom is -0.330 e. The first kappa shape index (κ1) is 18.5. The highest BCUT2D eigenvalue weighted by atomic mass is 16.2. The van der Waals surface area contributed by atoms with Gasteiger partial charge in [-0.2, -0.15) is 0 Å². The first-order chi connectivity index (χ1) is 12.5. The van der Waals surface area contributed by atoms with Gasteiger partial charge in [-0.05, 0) is 43.9 Å². The maximum Gasteiger partial charge on any atom is 0.295 e. The lowest BCUT2D eigenvalue weighted by molar-refractivity contribution is -0.118. The van der Waals surface area contributed by atoms with Crippen LogP contribution in [0.1, 0.15) is 44.2 Å². The number of benzene rings is 1. The summed E-state index contributed by atoms with van der Waals surface area (Å²) < 4.78 is 3.34. The van der Waals surface area contributed by atoms with Gasteiger partial charge < -0.3 is 11.1 Å². The van der Waals surface area contributed by atoms with E-state index in [4.69, 9.17) is 5.73 Å². The third kappa shape index (κ3) is 3.46. The van der Waals surface area contributed by atoms with Gasteiger partial charge in [-0.15, -0.1) is 0 Å².